The molecule has 0 aliphatic heterocycles. The number of ether oxygens (including phenoxy) is 2. The molecule has 1 fully saturated rings. The summed E-state index contributed by atoms with van der Waals surface area (Å²) >= 11 is 3.26. The van der Waals surface area contributed by atoms with Gasteiger partial charge in [-0.05, 0) is 61.3 Å². The molecule has 2 aromatic carbocycles. The van der Waals surface area contributed by atoms with Crippen LogP contribution in [0, 0.1) is 28.3 Å². The highest BCUT2D eigenvalue weighted by atomic mass is 79.9. The Morgan fingerprint density at radius 1 is 1.06 bits per heavy atom. The largest absolute Gasteiger partial charge is 0.497 e. The zero-order valence-corrected chi connectivity index (χ0v) is 22.3. The standard InChI is InChI=1S/C27H31BrF3NO4/c1-4-27(21(33)14-28)11-9-26(2,10-12-27)16-32-25(34)19-13-20(29)24(23(31)22(19)30)36-15-17-5-7-18(35-3)8-6-17/h5-8,13H,4,9-12,14-16H2,1-3H3,(H,32,34)/t26-,27+. The highest BCUT2D eigenvalue weighted by molar-refractivity contribution is 9.09. The van der Waals surface area contributed by atoms with Gasteiger partial charge in [-0.25, -0.2) is 8.78 Å². The first-order valence-electron chi connectivity index (χ1n) is 11.9. The number of rotatable bonds is 10. The lowest BCUT2D eigenvalue weighted by atomic mass is 9.62. The minimum absolute atomic E-state index is 0.179. The van der Waals surface area contributed by atoms with Crippen molar-refractivity contribution in [3.63, 3.8) is 0 Å². The van der Waals surface area contributed by atoms with Crippen molar-refractivity contribution < 1.29 is 32.2 Å². The van der Waals surface area contributed by atoms with Gasteiger partial charge in [-0.15, -0.1) is 0 Å². The maximum absolute atomic E-state index is 14.7. The number of carbonyl (C=O) groups is 2. The predicted molar refractivity (Wildman–Crippen MR) is 134 cm³/mol. The van der Waals surface area contributed by atoms with Crippen molar-refractivity contribution in [3.8, 4) is 11.5 Å². The van der Waals surface area contributed by atoms with Crippen LogP contribution in [0.1, 0.15) is 61.9 Å². The summed E-state index contributed by atoms with van der Waals surface area (Å²) in [4.78, 5) is 25.1. The van der Waals surface area contributed by atoms with Crippen LogP contribution in [-0.2, 0) is 11.4 Å². The summed E-state index contributed by atoms with van der Waals surface area (Å²) in [6, 6.07) is 7.28. The Morgan fingerprint density at radius 3 is 2.25 bits per heavy atom. The fraction of sp³-hybridized carbons (Fsp3) is 0.481. The average Bonchev–Trinajstić information content (AvgIpc) is 2.90. The van der Waals surface area contributed by atoms with E-state index < -0.39 is 34.7 Å². The molecule has 3 rings (SSSR count). The van der Waals surface area contributed by atoms with E-state index in [4.69, 9.17) is 9.47 Å². The van der Waals surface area contributed by atoms with Crippen LogP contribution < -0.4 is 14.8 Å². The van der Waals surface area contributed by atoms with Crippen LogP contribution in [0.4, 0.5) is 13.2 Å². The number of methoxy groups -OCH3 is 1. The molecule has 0 bridgehead atoms. The highest BCUT2D eigenvalue weighted by Gasteiger charge is 2.43. The molecule has 196 valence electrons. The Kier molecular flexibility index (Phi) is 9.08. The van der Waals surface area contributed by atoms with Crippen molar-refractivity contribution in [3.05, 3.63) is 58.9 Å². The normalized spacial score (nSPS) is 21.6. The van der Waals surface area contributed by atoms with Gasteiger partial charge in [0.05, 0.1) is 18.0 Å². The van der Waals surface area contributed by atoms with Gasteiger partial charge in [0.1, 0.15) is 18.1 Å². The van der Waals surface area contributed by atoms with Crippen LogP contribution in [-0.4, -0.2) is 30.7 Å². The molecule has 9 heteroatoms. The van der Waals surface area contributed by atoms with Crippen molar-refractivity contribution in [2.24, 2.45) is 10.8 Å². The zero-order chi connectivity index (χ0) is 26.5. The van der Waals surface area contributed by atoms with Crippen LogP contribution in [0.2, 0.25) is 0 Å². The zero-order valence-electron chi connectivity index (χ0n) is 20.7. The van der Waals surface area contributed by atoms with Crippen LogP contribution in [0.5, 0.6) is 11.5 Å². The van der Waals surface area contributed by atoms with Gasteiger partial charge in [0.2, 0.25) is 5.82 Å². The summed E-state index contributed by atoms with van der Waals surface area (Å²) in [6.07, 6.45) is 3.53. The number of hydrogen-bond donors (Lipinski definition) is 1. The molecular weight excluding hydrogens is 539 g/mol. The number of alkyl halides is 1. The molecule has 1 aliphatic rings. The van der Waals surface area contributed by atoms with E-state index in [-0.39, 0.29) is 29.8 Å². The van der Waals surface area contributed by atoms with E-state index >= 15 is 0 Å². The summed E-state index contributed by atoms with van der Waals surface area (Å²) in [6.45, 7) is 3.99. The van der Waals surface area contributed by atoms with E-state index in [1.807, 2.05) is 13.8 Å². The van der Waals surface area contributed by atoms with Crippen molar-refractivity contribution in [1.29, 1.82) is 0 Å². The van der Waals surface area contributed by atoms with E-state index in [2.05, 4.69) is 21.2 Å². The summed E-state index contributed by atoms with van der Waals surface area (Å²) in [7, 11) is 1.51. The van der Waals surface area contributed by atoms with Gasteiger partial charge in [0, 0.05) is 12.0 Å². The summed E-state index contributed by atoms with van der Waals surface area (Å²) in [5.41, 5.74) is -0.802. The smallest absolute Gasteiger partial charge is 0.254 e. The molecule has 2 aromatic rings. The van der Waals surface area contributed by atoms with Crippen molar-refractivity contribution >= 4 is 27.6 Å². The lowest BCUT2D eigenvalue weighted by Gasteiger charge is -2.43. The third-order valence-corrected chi connectivity index (χ3v) is 7.89. The van der Waals surface area contributed by atoms with E-state index in [0.29, 0.717) is 48.4 Å². The second-order valence-corrected chi connectivity index (χ2v) is 10.2. The maximum Gasteiger partial charge on any atom is 0.254 e. The topological polar surface area (TPSA) is 64.6 Å². The third kappa shape index (κ3) is 6.05. The minimum atomic E-state index is -1.56. The fourth-order valence-corrected chi connectivity index (χ4v) is 5.22. The third-order valence-electron chi connectivity index (χ3n) is 7.38. The van der Waals surface area contributed by atoms with Gasteiger partial charge in [-0.1, -0.05) is 41.9 Å². The predicted octanol–water partition coefficient (Wildman–Crippen LogP) is 6.36. The lowest BCUT2D eigenvalue weighted by Crippen LogP contribution is -2.44. The second-order valence-electron chi connectivity index (χ2n) is 9.68. The SMILES string of the molecule is CC[C@]1(C(=O)CBr)CC[C@@](C)(CNC(=O)c2cc(F)c(OCc3ccc(OC)cc3)c(F)c2F)CC1. The van der Waals surface area contributed by atoms with Gasteiger partial charge in [-0.2, -0.15) is 4.39 Å². The molecule has 1 N–H and O–H groups in total. The number of benzene rings is 2. The molecule has 0 aromatic heterocycles. The first kappa shape index (κ1) is 28.0. The van der Waals surface area contributed by atoms with Crippen molar-refractivity contribution in [2.45, 2.75) is 52.6 Å². The van der Waals surface area contributed by atoms with E-state index in [1.54, 1.807) is 24.3 Å². The van der Waals surface area contributed by atoms with Crippen molar-refractivity contribution in [1.82, 2.24) is 5.32 Å². The molecule has 0 radical (unpaired) electrons. The first-order chi connectivity index (χ1) is 17.1. The fourth-order valence-electron chi connectivity index (χ4n) is 4.62. The second kappa shape index (κ2) is 11.7. The molecule has 5 nitrogen and oxygen atoms in total. The van der Waals surface area contributed by atoms with Crippen molar-refractivity contribution in [2.75, 3.05) is 19.0 Å². The first-order valence-corrected chi connectivity index (χ1v) is 13.0. The Labute approximate surface area is 217 Å². The average molecular weight is 570 g/mol. The molecule has 0 spiro atoms. The van der Waals surface area contributed by atoms with Gasteiger partial charge in [0.15, 0.2) is 17.4 Å². The van der Waals surface area contributed by atoms with Crippen LogP contribution in [0.3, 0.4) is 0 Å². The molecule has 0 heterocycles. The van der Waals surface area contributed by atoms with Gasteiger partial charge < -0.3 is 14.8 Å². The summed E-state index contributed by atoms with van der Waals surface area (Å²) in [5.74, 6) is -5.20. The summed E-state index contributed by atoms with van der Waals surface area (Å²) < 4.78 is 54.2. The molecule has 0 unspecified atom stereocenters. The van der Waals surface area contributed by atoms with E-state index in [1.165, 1.54) is 7.11 Å². The number of amides is 1. The lowest BCUT2D eigenvalue weighted by molar-refractivity contribution is -0.129. The summed E-state index contributed by atoms with van der Waals surface area (Å²) in [5, 5.41) is 2.93. The maximum atomic E-state index is 14.7. The highest BCUT2D eigenvalue weighted by Crippen LogP contribution is 2.47. The molecule has 0 saturated heterocycles. The Morgan fingerprint density at radius 2 is 1.69 bits per heavy atom. The molecule has 36 heavy (non-hydrogen) atoms. The van der Waals surface area contributed by atoms with Crippen LogP contribution >= 0.6 is 15.9 Å². The number of nitrogens with one attached hydrogen (secondary N) is 1. The number of hydrogen-bond acceptors (Lipinski definition) is 4. The molecule has 1 aliphatic carbocycles. The van der Waals surface area contributed by atoms with Crippen LogP contribution in [0.15, 0.2) is 30.3 Å². The number of carbonyl (C=O) groups excluding carboxylic acids is 2. The van der Waals surface area contributed by atoms with Gasteiger partial charge in [-0.3, -0.25) is 9.59 Å². The van der Waals surface area contributed by atoms with Gasteiger partial charge in [0.25, 0.3) is 5.91 Å². The number of halogens is 4. The molecule has 1 amide bonds. The monoisotopic (exact) mass is 569 g/mol. The quantitative estimate of drug-likeness (QED) is 0.267. The molecular formula is C27H31BrF3NO4. The Hall–Kier alpha value is -2.55. The van der Waals surface area contributed by atoms with Crippen LogP contribution in [0.25, 0.3) is 0 Å². The number of Topliss-reactive ketones (excluding diaryl/α,β-unsaturated/α-hetero) is 1. The van der Waals surface area contributed by atoms with E-state index in [0.717, 1.165) is 6.42 Å². The Balaban J connectivity index is 1.65. The van der Waals surface area contributed by atoms with E-state index in [9.17, 15) is 22.8 Å². The molecule has 0 atom stereocenters. The Bertz CT molecular complexity index is 1100. The van der Waals surface area contributed by atoms with Gasteiger partial charge >= 0.3 is 0 Å². The number of ketones is 1. The molecule has 1 saturated carbocycles. The minimum Gasteiger partial charge on any atom is -0.497 e.